The molecule has 2 saturated heterocycles. The Morgan fingerprint density at radius 3 is 2.56 bits per heavy atom. The molecular weight excluding hydrogens is 324 g/mol. The number of aromatic nitrogens is 2. The molecule has 25 heavy (non-hydrogen) atoms. The van der Waals surface area contributed by atoms with Gasteiger partial charge in [-0.25, -0.2) is 4.79 Å². The van der Waals surface area contributed by atoms with E-state index < -0.39 is 6.03 Å². The Balaban J connectivity index is 1.35. The van der Waals surface area contributed by atoms with E-state index in [1.165, 1.54) is 4.90 Å². The molecule has 2 aliphatic rings. The first-order valence-electron chi connectivity index (χ1n) is 8.68. The van der Waals surface area contributed by atoms with Crippen LogP contribution in [0, 0.1) is 0 Å². The largest absolute Gasteiger partial charge is 0.340 e. The standard InChI is InChI=1S/C16H24N6O3/c23-14-2-6-21(16(25)18-14)7-3-15(24)20-11-8-19(9-12-20)10-13-22-5-1-4-17-22/h1,4-5H,2-3,6-13H2,(H,18,23,25). The number of nitrogens with one attached hydrogen (secondary N) is 1. The van der Waals surface area contributed by atoms with Gasteiger partial charge < -0.3 is 9.80 Å². The number of urea groups is 1. The second-order valence-corrected chi connectivity index (χ2v) is 6.33. The number of carbonyl (C=O) groups is 3. The van der Waals surface area contributed by atoms with Crippen molar-refractivity contribution in [2.24, 2.45) is 0 Å². The summed E-state index contributed by atoms with van der Waals surface area (Å²) >= 11 is 0. The van der Waals surface area contributed by atoms with Crippen LogP contribution in [0.1, 0.15) is 12.8 Å². The average molecular weight is 348 g/mol. The van der Waals surface area contributed by atoms with E-state index in [4.69, 9.17) is 0 Å². The summed E-state index contributed by atoms with van der Waals surface area (Å²) in [6, 6.07) is 1.52. The van der Waals surface area contributed by atoms with Crippen molar-refractivity contribution in [2.75, 3.05) is 45.8 Å². The molecule has 0 radical (unpaired) electrons. The molecule has 9 nitrogen and oxygen atoms in total. The van der Waals surface area contributed by atoms with Crippen molar-refractivity contribution in [1.82, 2.24) is 29.8 Å². The van der Waals surface area contributed by atoms with Crippen LogP contribution in [0.25, 0.3) is 0 Å². The van der Waals surface area contributed by atoms with Crippen LogP contribution >= 0.6 is 0 Å². The van der Waals surface area contributed by atoms with Crippen molar-refractivity contribution in [1.29, 1.82) is 0 Å². The molecule has 1 aromatic heterocycles. The quantitative estimate of drug-likeness (QED) is 0.738. The van der Waals surface area contributed by atoms with Crippen molar-refractivity contribution in [3.8, 4) is 0 Å². The summed E-state index contributed by atoms with van der Waals surface area (Å²) < 4.78 is 1.91. The topological polar surface area (TPSA) is 90.8 Å². The zero-order valence-electron chi connectivity index (χ0n) is 14.3. The minimum absolute atomic E-state index is 0.0661. The minimum atomic E-state index is -0.396. The van der Waals surface area contributed by atoms with Gasteiger partial charge in [-0.15, -0.1) is 0 Å². The van der Waals surface area contributed by atoms with Crippen LogP contribution < -0.4 is 5.32 Å². The molecule has 1 aromatic rings. The van der Waals surface area contributed by atoms with E-state index in [9.17, 15) is 14.4 Å². The molecule has 0 bridgehead atoms. The second-order valence-electron chi connectivity index (χ2n) is 6.33. The summed E-state index contributed by atoms with van der Waals surface area (Å²) in [7, 11) is 0. The molecular formula is C16H24N6O3. The van der Waals surface area contributed by atoms with E-state index in [1.54, 1.807) is 6.20 Å². The predicted octanol–water partition coefficient (Wildman–Crippen LogP) is -0.641. The molecule has 3 heterocycles. The Morgan fingerprint density at radius 2 is 1.88 bits per heavy atom. The van der Waals surface area contributed by atoms with Crippen molar-refractivity contribution in [3.05, 3.63) is 18.5 Å². The molecule has 0 aliphatic carbocycles. The monoisotopic (exact) mass is 348 g/mol. The SMILES string of the molecule is O=C1CCN(CCC(=O)N2CCN(CCn3cccn3)CC2)C(=O)N1. The van der Waals surface area contributed by atoms with E-state index in [0.29, 0.717) is 39.0 Å². The highest BCUT2D eigenvalue weighted by Crippen LogP contribution is 2.07. The molecule has 3 rings (SSSR count). The zero-order valence-corrected chi connectivity index (χ0v) is 14.3. The van der Waals surface area contributed by atoms with E-state index in [2.05, 4.69) is 15.3 Å². The first-order valence-corrected chi connectivity index (χ1v) is 8.68. The van der Waals surface area contributed by atoms with E-state index in [0.717, 1.165) is 26.2 Å². The van der Waals surface area contributed by atoms with Gasteiger partial charge in [0.05, 0.1) is 6.54 Å². The van der Waals surface area contributed by atoms with Crippen molar-refractivity contribution >= 4 is 17.8 Å². The third-order valence-corrected chi connectivity index (χ3v) is 4.67. The minimum Gasteiger partial charge on any atom is -0.340 e. The van der Waals surface area contributed by atoms with Crippen LogP contribution in [0.15, 0.2) is 18.5 Å². The highest BCUT2D eigenvalue weighted by Gasteiger charge is 2.25. The number of hydrogen-bond donors (Lipinski definition) is 1. The number of rotatable bonds is 6. The van der Waals surface area contributed by atoms with Crippen LogP contribution in [-0.2, 0) is 16.1 Å². The lowest BCUT2D eigenvalue weighted by Gasteiger charge is -2.35. The maximum atomic E-state index is 12.3. The molecule has 2 aliphatic heterocycles. The van der Waals surface area contributed by atoms with Crippen LogP contribution in [0.2, 0.25) is 0 Å². The van der Waals surface area contributed by atoms with Crippen LogP contribution in [0.4, 0.5) is 4.79 Å². The fourth-order valence-electron chi connectivity index (χ4n) is 3.10. The Hall–Kier alpha value is -2.42. The fourth-order valence-corrected chi connectivity index (χ4v) is 3.10. The van der Waals surface area contributed by atoms with Gasteiger partial charge in [0, 0.05) is 71.0 Å². The Morgan fingerprint density at radius 1 is 1.08 bits per heavy atom. The van der Waals surface area contributed by atoms with Gasteiger partial charge in [-0.2, -0.15) is 5.10 Å². The van der Waals surface area contributed by atoms with Gasteiger partial charge >= 0.3 is 6.03 Å². The number of hydrogen-bond acceptors (Lipinski definition) is 5. The molecule has 0 aromatic carbocycles. The molecule has 136 valence electrons. The summed E-state index contributed by atoms with van der Waals surface area (Å²) in [5.41, 5.74) is 0. The van der Waals surface area contributed by atoms with Crippen molar-refractivity contribution < 1.29 is 14.4 Å². The Kier molecular flexibility index (Phi) is 5.64. The summed E-state index contributed by atoms with van der Waals surface area (Å²) in [5, 5.41) is 6.46. The van der Waals surface area contributed by atoms with Gasteiger partial charge in [0.25, 0.3) is 0 Å². The molecule has 9 heteroatoms. The highest BCUT2D eigenvalue weighted by atomic mass is 16.2. The number of imide groups is 1. The second kappa shape index (κ2) is 8.11. The summed E-state index contributed by atoms with van der Waals surface area (Å²) in [4.78, 5) is 40.8. The van der Waals surface area contributed by atoms with Gasteiger partial charge in [0.15, 0.2) is 0 Å². The highest BCUT2D eigenvalue weighted by molar-refractivity contribution is 5.96. The lowest BCUT2D eigenvalue weighted by atomic mass is 10.2. The maximum absolute atomic E-state index is 12.3. The smallest absolute Gasteiger partial charge is 0.324 e. The van der Waals surface area contributed by atoms with Gasteiger partial charge in [-0.05, 0) is 6.07 Å². The van der Waals surface area contributed by atoms with E-state index in [1.807, 2.05) is 21.8 Å². The molecule has 0 saturated carbocycles. The van der Waals surface area contributed by atoms with Crippen molar-refractivity contribution in [2.45, 2.75) is 19.4 Å². The third-order valence-electron chi connectivity index (χ3n) is 4.67. The first-order chi connectivity index (χ1) is 12.1. The summed E-state index contributed by atoms with van der Waals surface area (Å²) in [6.45, 7) is 5.65. The van der Waals surface area contributed by atoms with Crippen LogP contribution in [0.5, 0.6) is 0 Å². The lowest BCUT2D eigenvalue weighted by molar-refractivity contribution is -0.133. The molecule has 0 atom stereocenters. The van der Waals surface area contributed by atoms with Crippen LogP contribution in [0.3, 0.4) is 0 Å². The molecule has 0 spiro atoms. The number of carbonyl (C=O) groups excluding carboxylic acids is 3. The van der Waals surface area contributed by atoms with Crippen LogP contribution in [-0.4, -0.2) is 88.1 Å². The maximum Gasteiger partial charge on any atom is 0.324 e. The fraction of sp³-hybridized carbons (Fsp3) is 0.625. The molecule has 4 amide bonds. The van der Waals surface area contributed by atoms with Gasteiger partial charge in [0.2, 0.25) is 11.8 Å². The zero-order chi connectivity index (χ0) is 17.6. The van der Waals surface area contributed by atoms with Gasteiger partial charge in [-0.3, -0.25) is 24.5 Å². The third kappa shape index (κ3) is 4.79. The Labute approximate surface area is 146 Å². The van der Waals surface area contributed by atoms with Gasteiger partial charge in [-0.1, -0.05) is 0 Å². The summed E-state index contributed by atoms with van der Waals surface area (Å²) in [6.07, 6.45) is 4.32. The normalized spacial score (nSPS) is 19.2. The van der Waals surface area contributed by atoms with Crippen molar-refractivity contribution in [3.63, 3.8) is 0 Å². The molecule has 0 unspecified atom stereocenters. The number of nitrogens with zero attached hydrogens (tertiary/aromatic N) is 5. The predicted molar refractivity (Wildman–Crippen MR) is 89.6 cm³/mol. The van der Waals surface area contributed by atoms with E-state index >= 15 is 0 Å². The van der Waals surface area contributed by atoms with E-state index in [-0.39, 0.29) is 11.8 Å². The number of piperazine rings is 1. The Bertz CT molecular complexity index is 609. The lowest BCUT2D eigenvalue weighted by Crippen LogP contribution is -2.52. The first kappa shape index (κ1) is 17.4. The molecule has 1 N–H and O–H groups in total. The number of amides is 4. The van der Waals surface area contributed by atoms with Gasteiger partial charge in [0.1, 0.15) is 0 Å². The summed E-state index contributed by atoms with van der Waals surface area (Å²) in [5.74, 6) is -0.185. The average Bonchev–Trinajstić information content (AvgIpc) is 3.13. The molecule has 2 fully saturated rings.